The van der Waals surface area contributed by atoms with E-state index in [1.54, 1.807) is 6.92 Å². The molecule has 2 rings (SSSR count). The first kappa shape index (κ1) is 14.5. The van der Waals surface area contributed by atoms with E-state index in [0.717, 1.165) is 5.56 Å². The average molecular weight is 285 g/mol. The highest BCUT2D eigenvalue weighted by molar-refractivity contribution is 7.86. The molecule has 1 aromatic rings. The summed E-state index contributed by atoms with van der Waals surface area (Å²) in [5, 5.41) is 0. The van der Waals surface area contributed by atoms with Gasteiger partial charge in [-0.1, -0.05) is 30.3 Å². The number of rotatable bonds is 5. The number of ether oxygens (including phenoxy) is 1. The van der Waals surface area contributed by atoms with Crippen molar-refractivity contribution in [2.45, 2.75) is 19.7 Å². The van der Waals surface area contributed by atoms with Gasteiger partial charge in [0.1, 0.15) is 0 Å². The molecule has 19 heavy (non-hydrogen) atoms. The van der Waals surface area contributed by atoms with Crippen molar-refractivity contribution in [2.75, 3.05) is 25.5 Å². The molecule has 1 saturated heterocycles. The van der Waals surface area contributed by atoms with E-state index < -0.39 is 16.3 Å². The third-order valence-corrected chi connectivity index (χ3v) is 4.25. The summed E-state index contributed by atoms with van der Waals surface area (Å²) in [6.07, 6.45) is -0.529. The molecule has 1 aliphatic heterocycles. The Morgan fingerprint density at radius 1 is 1.37 bits per heavy atom. The van der Waals surface area contributed by atoms with Crippen LogP contribution in [0.4, 0.5) is 0 Å². The Labute approximate surface area is 114 Å². The second-order valence-corrected chi connectivity index (χ2v) is 6.31. The standard InChI is InChI=1S/C13H19NO4S/c1-2-19(15,16)18-13-11-17-9-8-14(13)10-12-6-4-3-5-7-12/h3-7,13H,2,8-11H2,1H3/t13-/m0/s1. The Balaban J connectivity index is 2.04. The van der Waals surface area contributed by atoms with Crippen LogP contribution in [0.25, 0.3) is 0 Å². The third-order valence-electron chi connectivity index (χ3n) is 3.03. The Morgan fingerprint density at radius 2 is 2.11 bits per heavy atom. The van der Waals surface area contributed by atoms with Gasteiger partial charge < -0.3 is 4.74 Å². The highest BCUT2D eigenvalue weighted by atomic mass is 32.2. The summed E-state index contributed by atoms with van der Waals surface area (Å²) in [4.78, 5) is 1.99. The van der Waals surface area contributed by atoms with Crippen LogP contribution in [0.1, 0.15) is 12.5 Å². The van der Waals surface area contributed by atoms with E-state index in [-0.39, 0.29) is 12.4 Å². The maximum atomic E-state index is 11.6. The first-order valence-corrected chi connectivity index (χ1v) is 7.95. The fourth-order valence-electron chi connectivity index (χ4n) is 1.94. The second kappa shape index (κ2) is 6.47. The predicted octanol–water partition coefficient (Wildman–Crippen LogP) is 1.21. The smallest absolute Gasteiger partial charge is 0.268 e. The minimum Gasteiger partial charge on any atom is -0.376 e. The number of hydrogen-bond donors (Lipinski definition) is 0. The molecular formula is C13H19NO4S. The Morgan fingerprint density at radius 3 is 2.79 bits per heavy atom. The molecule has 0 spiro atoms. The molecular weight excluding hydrogens is 266 g/mol. The van der Waals surface area contributed by atoms with Gasteiger partial charge in [0.15, 0.2) is 6.23 Å². The molecule has 0 radical (unpaired) electrons. The Hall–Kier alpha value is -0.950. The van der Waals surface area contributed by atoms with Gasteiger partial charge in [0.2, 0.25) is 0 Å². The molecule has 0 aliphatic carbocycles. The summed E-state index contributed by atoms with van der Waals surface area (Å²) in [6, 6.07) is 9.92. The van der Waals surface area contributed by atoms with E-state index in [1.807, 2.05) is 35.2 Å². The molecule has 1 heterocycles. The summed E-state index contributed by atoms with van der Waals surface area (Å²) >= 11 is 0. The van der Waals surface area contributed by atoms with Crippen molar-refractivity contribution in [3.63, 3.8) is 0 Å². The van der Waals surface area contributed by atoms with Crippen LogP contribution in [0.5, 0.6) is 0 Å². The topological polar surface area (TPSA) is 55.8 Å². The van der Waals surface area contributed by atoms with Gasteiger partial charge in [-0.2, -0.15) is 8.42 Å². The van der Waals surface area contributed by atoms with Gasteiger partial charge in [-0.3, -0.25) is 4.90 Å². The van der Waals surface area contributed by atoms with E-state index in [4.69, 9.17) is 8.92 Å². The zero-order chi connectivity index (χ0) is 13.7. The van der Waals surface area contributed by atoms with Gasteiger partial charge in [0, 0.05) is 13.1 Å². The molecule has 106 valence electrons. The Bertz CT molecular complexity index is 489. The third kappa shape index (κ3) is 4.28. The van der Waals surface area contributed by atoms with Gasteiger partial charge in [0.25, 0.3) is 10.1 Å². The molecule has 1 aliphatic rings. The number of nitrogens with zero attached hydrogens (tertiary/aromatic N) is 1. The fourth-order valence-corrected chi connectivity index (χ4v) is 2.59. The summed E-state index contributed by atoms with van der Waals surface area (Å²) in [6.45, 7) is 3.78. The maximum Gasteiger partial charge on any atom is 0.268 e. The van der Waals surface area contributed by atoms with Crippen LogP contribution >= 0.6 is 0 Å². The van der Waals surface area contributed by atoms with Crippen molar-refractivity contribution in [3.8, 4) is 0 Å². The molecule has 5 nitrogen and oxygen atoms in total. The highest BCUT2D eigenvalue weighted by Gasteiger charge is 2.28. The van der Waals surface area contributed by atoms with E-state index in [2.05, 4.69) is 0 Å². The van der Waals surface area contributed by atoms with E-state index in [0.29, 0.717) is 19.7 Å². The van der Waals surface area contributed by atoms with Crippen molar-refractivity contribution in [1.82, 2.24) is 4.90 Å². The van der Waals surface area contributed by atoms with Crippen LogP contribution in [0.15, 0.2) is 30.3 Å². The van der Waals surface area contributed by atoms with Gasteiger partial charge >= 0.3 is 0 Å². The minimum atomic E-state index is -3.47. The first-order chi connectivity index (χ1) is 9.11. The van der Waals surface area contributed by atoms with Crippen LogP contribution in [0.3, 0.4) is 0 Å². The molecule has 1 atom stereocenters. The molecule has 0 aromatic heterocycles. The van der Waals surface area contributed by atoms with Crippen molar-refractivity contribution in [3.05, 3.63) is 35.9 Å². The quantitative estimate of drug-likeness (QED) is 0.761. The summed E-state index contributed by atoms with van der Waals surface area (Å²) in [5.74, 6) is -0.0251. The molecule has 1 fully saturated rings. The predicted molar refractivity (Wildman–Crippen MR) is 72.0 cm³/mol. The van der Waals surface area contributed by atoms with Gasteiger partial charge in [-0.25, -0.2) is 4.18 Å². The van der Waals surface area contributed by atoms with Crippen molar-refractivity contribution >= 4 is 10.1 Å². The number of morpholine rings is 1. The first-order valence-electron chi connectivity index (χ1n) is 6.37. The normalized spacial score (nSPS) is 21.4. The highest BCUT2D eigenvalue weighted by Crippen LogP contribution is 2.15. The van der Waals surface area contributed by atoms with Crippen LogP contribution in [-0.2, 0) is 25.6 Å². The molecule has 0 amide bonds. The van der Waals surface area contributed by atoms with Gasteiger partial charge in [-0.05, 0) is 12.5 Å². The number of hydrogen-bond acceptors (Lipinski definition) is 5. The minimum absolute atomic E-state index is 0.0251. The maximum absolute atomic E-state index is 11.6. The zero-order valence-electron chi connectivity index (χ0n) is 11.0. The molecule has 0 N–H and O–H groups in total. The summed E-state index contributed by atoms with van der Waals surface area (Å²) in [7, 11) is -3.47. The lowest BCUT2D eigenvalue weighted by Gasteiger charge is -2.34. The molecule has 6 heteroatoms. The lowest BCUT2D eigenvalue weighted by atomic mass is 10.2. The molecule has 0 saturated carbocycles. The average Bonchev–Trinajstić information content (AvgIpc) is 2.42. The molecule has 1 aromatic carbocycles. The van der Waals surface area contributed by atoms with Crippen molar-refractivity contribution in [2.24, 2.45) is 0 Å². The largest absolute Gasteiger partial charge is 0.376 e. The van der Waals surface area contributed by atoms with E-state index >= 15 is 0 Å². The number of benzene rings is 1. The van der Waals surface area contributed by atoms with Crippen LogP contribution in [0, 0.1) is 0 Å². The molecule has 0 unspecified atom stereocenters. The van der Waals surface area contributed by atoms with Crippen LogP contribution < -0.4 is 0 Å². The zero-order valence-corrected chi connectivity index (χ0v) is 11.8. The van der Waals surface area contributed by atoms with Gasteiger partial charge in [0.05, 0.1) is 19.0 Å². The molecule has 0 bridgehead atoms. The van der Waals surface area contributed by atoms with E-state index in [1.165, 1.54) is 0 Å². The monoisotopic (exact) mass is 285 g/mol. The Kier molecular flexibility index (Phi) is 4.93. The van der Waals surface area contributed by atoms with E-state index in [9.17, 15) is 8.42 Å². The SMILES string of the molecule is CCS(=O)(=O)O[C@H]1COCCN1Cc1ccccc1. The van der Waals surface area contributed by atoms with Crippen LogP contribution in [-0.4, -0.2) is 45.1 Å². The second-order valence-electron chi connectivity index (χ2n) is 4.43. The lowest BCUT2D eigenvalue weighted by molar-refractivity contribution is -0.0924. The van der Waals surface area contributed by atoms with Gasteiger partial charge in [-0.15, -0.1) is 0 Å². The van der Waals surface area contributed by atoms with Crippen LogP contribution in [0.2, 0.25) is 0 Å². The summed E-state index contributed by atoms with van der Waals surface area (Å²) in [5.41, 5.74) is 1.13. The fraction of sp³-hybridized carbons (Fsp3) is 0.538. The van der Waals surface area contributed by atoms with Crippen molar-refractivity contribution < 1.29 is 17.3 Å². The van der Waals surface area contributed by atoms with Crippen molar-refractivity contribution in [1.29, 1.82) is 0 Å². The summed E-state index contributed by atoms with van der Waals surface area (Å²) < 4.78 is 33.6. The lowest BCUT2D eigenvalue weighted by Crippen LogP contribution is -2.47.